The van der Waals surface area contributed by atoms with Gasteiger partial charge in [-0.3, -0.25) is 4.79 Å². The SMILES string of the molecule is C[C@@H](CC[C@H]1C(=O)N(c2ccc(F)cc2)[C@@H]1c1ccc(O[C@H]2[C@H](O)[C@@H](O)[C@H](O)[C@@H](CO)C2(F)F)cc1)c1ccc(F)cc1. The van der Waals surface area contributed by atoms with E-state index in [0.29, 0.717) is 24.1 Å². The second kappa shape index (κ2) is 12.2. The Labute approximate surface area is 246 Å². The molecule has 0 radical (unpaired) electrons. The third-order valence-corrected chi connectivity index (χ3v) is 8.65. The number of halogens is 4. The van der Waals surface area contributed by atoms with E-state index in [1.165, 1.54) is 48.5 Å². The van der Waals surface area contributed by atoms with Crippen LogP contribution in [0.15, 0.2) is 72.8 Å². The van der Waals surface area contributed by atoms with Crippen LogP contribution in [0.3, 0.4) is 0 Å². The number of benzene rings is 3. The summed E-state index contributed by atoms with van der Waals surface area (Å²) in [6.45, 7) is 0.856. The number of β-lactam (4-membered cyclic amide) rings is 1. The van der Waals surface area contributed by atoms with Gasteiger partial charge in [-0.2, -0.15) is 0 Å². The van der Waals surface area contributed by atoms with Crippen LogP contribution in [-0.2, 0) is 4.79 Å². The van der Waals surface area contributed by atoms with E-state index in [-0.39, 0.29) is 23.4 Å². The van der Waals surface area contributed by atoms with Gasteiger partial charge in [0.15, 0.2) is 6.10 Å². The Morgan fingerprint density at radius 2 is 1.44 bits per heavy atom. The Hall–Kier alpha value is -3.51. The molecule has 0 aromatic heterocycles. The number of carbonyl (C=O) groups excluding carboxylic acids is 1. The maximum absolute atomic E-state index is 15.0. The molecule has 8 atom stereocenters. The lowest BCUT2D eigenvalue weighted by Crippen LogP contribution is -2.67. The summed E-state index contributed by atoms with van der Waals surface area (Å²) in [7, 11) is 0. The molecular formula is C32H33F4NO6. The average Bonchev–Trinajstić information content (AvgIpc) is 2.99. The van der Waals surface area contributed by atoms with Crippen LogP contribution in [0.4, 0.5) is 23.2 Å². The van der Waals surface area contributed by atoms with Crippen LogP contribution in [-0.4, -0.2) is 63.3 Å². The van der Waals surface area contributed by atoms with Gasteiger partial charge in [-0.1, -0.05) is 31.2 Å². The van der Waals surface area contributed by atoms with Gasteiger partial charge in [0, 0.05) is 5.69 Å². The minimum Gasteiger partial charge on any atom is -0.481 e. The number of nitrogens with zero attached hydrogens (tertiary/aromatic N) is 1. The zero-order valence-corrected chi connectivity index (χ0v) is 23.2. The molecule has 1 saturated carbocycles. The first-order valence-electron chi connectivity index (χ1n) is 14.1. The molecule has 0 bridgehead atoms. The predicted octanol–water partition coefficient (Wildman–Crippen LogP) is 4.34. The van der Waals surface area contributed by atoms with E-state index in [0.717, 1.165) is 5.56 Å². The van der Waals surface area contributed by atoms with Gasteiger partial charge < -0.3 is 30.1 Å². The third kappa shape index (κ3) is 5.86. The lowest BCUT2D eigenvalue weighted by Gasteiger charge is -2.48. The van der Waals surface area contributed by atoms with E-state index in [4.69, 9.17) is 4.74 Å². The van der Waals surface area contributed by atoms with Crippen LogP contribution in [0, 0.1) is 23.5 Å². The number of carbonyl (C=O) groups is 1. The van der Waals surface area contributed by atoms with E-state index in [1.807, 2.05) is 6.92 Å². The number of hydrogen-bond donors (Lipinski definition) is 4. The summed E-state index contributed by atoms with van der Waals surface area (Å²) in [4.78, 5) is 14.9. The van der Waals surface area contributed by atoms with Crippen molar-refractivity contribution in [1.82, 2.24) is 0 Å². The van der Waals surface area contributed by atoms with E-state index in [1.54, 1.807) is 29.2 Å². The molecule has 1 saturated heterocycles. The van der Waals surface area contributed by atoms with E-state index in [2.05, 4.69) is 0 Å². The quantitative estimate of drug-likeness (QED) is 0.214. The topological polar surface area (TPSA) is 110 Å². The Kier molecular flexibility index (Phi) is 8.80. The van der Waals surface area contributed by atoms with Crippen molar-refractivity contribution in [3.63, 3.8) is 0 Å². The number of hydrogen-bond acceptors (Lipinski definition) is 6. The summed E-state index contributed by atoms with van der Waals surface area (Å²) >= 11 is 0. The molecule has 2 aliphatic rings. The number of alkyl halides is 2. The average molecular weight is 604 g/mol. The summed E-state index contributed by atoms with van der Waals surface area (Å²) in [5, 5.41) is 39.6. The van der Waals surface area contributed by atoms with Gasteiger partial charge in [-0.15, -0.1) is 0 Å². The standard InChI is InChI=1S/C32H33F4NO6/c1-17(18-3-7-20(33)8-4-18)2-15-24-26(37(31(24)42)22-11-9-21(34)10-12-22)19-5-13-23(14-6-19)43-30-29(41)28(40)27(39)25(16-38)32(30,35)36/h3-14,17,24-30,38-41H,2,15-16H2,1H3/t17-,24+,25+,26+,27+,28-,29+,30-/m0/s1. The number of aliphatic hydroxyl groups excluding tert-OH is 4. The van der Waals surface area contributed by atoms with Crippen LogP contribution in [0.25, 0.3) is 0 Å². The molecule has 2 fully saturated rings. The van der Waals surface area contributed by atoms with Gasteiger partial charge in [-0.05, 0) is 78.4 Å². The van der Waals surface area contributed by atoms with E-state index < -0.39 is 60.6 Å². The molecule has 0 unspecified atom stereocenters. The molecule has 5 rings (SSSR count). The van der Waals surface area contributed by atoms with Crippen LogP contribution < -0.4 is 9.64 Å². The first kappa shape index (κ1) is 30.9. The van der Waals surface area contributed by atoms with Crippen molar-refractivity contribution in [2.45, 2.75) is 62.1 Å². The number of aliphatic hydroxyl groups is 4. The second-order valence-electron chi connectivity index (χ2n) is 11.3. The van der Waals surface area contributed by atoms with Crippen molar-refractivity contribution in [2.75, 3.05) is 11.5 Å². The Morgan fingerprint density at radius 3 is 2.02 bits per heavy atom. The number of anilines is 1. The highest BCUT2D eigenvalue weighted by Crippen LogP contribution is 2.47. The molecule has 1 amide bonds. The Morgan fingerprint density at radius 1 is 0.860 bits per heavy atom. The highest BCUT2D eigenvalue weighted by molar-refractivity contribution is 6.03. The summed E-state index contributed by atoms with van der Waals surface area (Å²) in [6, 6.07) is 17.2. The molecule has 3 aromatic rings. The largest absolute Gasteiger partial charge is 0.481 e. The number of rotatable bonds is 9. The zero-order chi connectivity index (χ0) is 31.1. The van der Waals surface area contributed by atoms with Gasteiger partial charge >= 0.3 is 0 Å². The maximum Gasteiger partial charge on any atom is 0.294 e. The van der Waals surface area contributed by atoms with E-state index in [9.17, 15) is 34.0 Å². The predicted molar refractivity (Wildman–Crippen MR) is 149 cm³/mol. The molecule has 1 aliphatic heterocycles. The molecule has 230 valence electrons. The number of ether oxygens (including phenoxy) is 1. The normalized spacial score (nSPS) is 29.2. The fourth-order valence-electron chi connectivity index (χ4n) is 6.04. The van der Waals surface area contributed by atoms with Crippen molar-refractivity contribution in [1.29, 1.82) is 0 Å². The fourth-order valence-corrected chi connectivity index (χ4v) is 6.04. The molecule has 1 aliphatic carbocycles. The summed E-state index contributed by atoms with van der Waals surface area (Å²) in [6.07, 6.45) is -7.24. The van der Waals surface area contributed by atoms with Crippen molar-refractivity contribution in [3.05, 3.63) is 95.6 Å². The van der Waals surface area contributed by atoms with Gasteiger partial charge in [0.05, 0.1) is 30.6 Å². The van der Waals surface area contributed by atoms with Gasteiger partial charge in [0.25, 0.3) is 5.92 Å². The van der Waals surface area contributed by atoms with Crippen LogP contribution in [0.1, 0.15) is 42.9 Å². The van der Waals surface area contributed by atoms with Crippen molar-refractivity contribution >= 4 is 11.6 Å². The fraction of sp³-hybridized carbons (Fsp3) is 0.406. The van der Waals surface area contributed by atoms with Crippen LogP contribution >= 0.6 is 0 Å². The summed E-state index contributed by atoms with van der Waals surface area (Å²) in [5.41, 5.74) is 2.09. The molecule has 3 aromatic carbocycles. The minimum absolute atomic E-state index is 0.0462. The Balaban J connectivity index is 1.37. The lowest BCUT2D eigenvalue weighted by atomic mass is 9.77. The summed E-state index contributed by atoms with van der Waals surface area (Å²) < 4.78 is 62.4. The maximum atomic E-state index is 15.0. The zero-order valence-electron chi connectivity index (χ0n) is 23.2. The van der Waals surface area contributed by atoms with E-state index >= 15 is 8.78 Å². The van der Waals surface area contributed by atoms with Gasteiger partial charge in [-0.25, -0.2) is 17.6 Å². The van der Waals surface area contributed by atoms with Crippen molar-refractivity contribution in [3.8, 4) is 5.75 Å². The van der Waals surface area contributed by atoms with Crippen molar-refractivity contribution in [2.24, 2.45) is 11.8 Å². The highest BCUT2D eigenvalue weighted by atomic mass is 19.3. The summed E-state index contributed by atoms with van der Waals surface area (Å²) in [5.74, 6) is -7.31. The molecule has 7 nitrogen and oxygen atoms in total. The van der Waals surface area contributed by atoms with Crippen LogP contribution in [0.2, 0.25) is 0 Å². The highest BCUT2D eigenvalue weighted by Gasteiger charge is 2.62. The van der Waals surface area contributed by atoms with Gasteiger partial charge in [0.1, 0.15) is 29.6 Å². The molecular weight excluding hydrogens is 570 g/mol. The molecule has 0 spiro atoms. The molecule has 43 heavy (non-hydrogen) atoms. The molecule has 1 heterocycles. The lowest BCUT2D eigenvalue weighted by molar-refractivity contribution is -0.266. The molecule has 4 N–H and O–H groups in total. The van der Waals surface area contributed by atoms with Gasteiger partial charge in [0.2, 0.25) is 5.91 Å². The second-order valence-corrected chi connectivity index (χ2v) is 11.3. The smallest absolute Gasteiger partial charge is 0.294 e. The number of amides is 1. The van der Waals surface area contributed by atoms with Crippen LogP contribution in [0.5, 0.6) is 5.75 Å². The Bertz CT molecular complexity index is 1400. The first-order valence-corrected chi connectivity index (χ1v) is 14.1. The first-order chi connectivity index (χ1) is 20.4. The third-order valence-electron chi connectivity index (χ3n) is 8.65. The monoisotopic (exact) mass is 603 g/mol. The van der Waals surface area contributed by atoms with Crippen molar-refractivity contribution < 1.29 is 47.5 Å². The molecule has 11 heteroatoms. The minimum atomic E-state index is -3.86.